The largest absolute Gasteiger partial charge is 0.365 e. The Labute approximate surface area is 229 Å². The van der Waals surface area contributed by atoms with Crippen LogP contribution >= 0.6 is 0 Å². The smallest absolute Gasteiger partial charge is 0.257 e. The van der Waals surface area contributed by atoms with E-state index in [2.05, 4.69) is 20.7 Å². The molecule has 0 fully saturated rings. The molecule has 40 heavy (non-hydrogen) atoms. The Morgan fingerprint density at radius 1 is 0.975 bits per heavy atom. The molecule has 2 aromatic heterocycles. The van der Waals surface area contributed by atoms with Crippen LogP contribution in [0.1, 0.15) is 31.8 Å². The number of nitrogens with one attached hydrogen (secondary N) is 2. The number of hydrogen-bond acceptors (Lipinski definition) is 5. The molecule has 1 aliphatic rings. The number of aryl methyl sites for hydroxylation is 2. The number of para-hydroxylation sites is 1. The molecule has 0 radical (unpaired) electrons. The Balaban J connectivity index is 1.33. The van der Waals surface area contributed by atoms with Crippen LogP contribution in [0.15, 0.2) is 84.9 Å². The Morgan fingerprint density at radius 3 is 2.55 bits per heavy atom. The number of pyridine rings is 1. The summed E-state index contributed by atoms with van der Waals surface area (Å²) in [6, 6.07) is 25.6. The van der Waals surface area contributed by atoms with E-state index in [0.29, 0.717) is 30.3 Å². The molecule has 8 nitrogen and oxygen atoms in total. The lowest BCUT2D eigenvalue weighted by molar-refractivity contribution is 0.0998. The van der Waals surface area contributed by atoms with Crippen molar-refractivity contribution in [2.24, 2.45) is 5.73 Å². The van der Waals surface area contributed by atoms with Crippen LogP contribution < -0.4 is 16.4 Å². The minimum Gasteiger partial charge on any atom is -0.365 e. The molecule has 3 aromatic carbocycles. The molecule has 0 spiro atoms. The summed E-state index contributed by atoms with van der Waals surface area (Å²) < 4.78 is 17.5. The van der Waals surface area contributed by atoms with E-state index < -0.39 is 17.6 Å². The Bertz CT molecular complexity index is 1780. The number of benzene rings is 3. The van der Waals surface area contributed by atoms with E-state index in [1.54, 1.807) is 16.8 Å². The van der Waals surface area contributed by atoms with E-state index in [4.69, 9.17) is 5.73 Å². The van der Waals surface area contributed by atoms with Crippen molar-refractivity contribution in [3.8, 4) is 22.5 Å². The number of primary amides is 1. The standard InChI is InChI=1S/C31H25FN6O2/c1-18-21(31(40)36-25-13-7-12-23(34-25)19-8-3-2-4-9-19)14-15-22(27(18)32)28-26(29(33)39)30-35-24-11-6-5-10-20(24)16-17-38(30)37-28/h2-15,35H,16-17H2,1H3,(H2,33,39)(H,34,36,40). The van der Waals surface area contributed by atoms with Crippen molar-refractivity contribution in [2.75, 3.05) is 10.6 Å². The third-order valence-corrected chi connectivity index (χ3v) is 7.01. The first kappa shape index (κ1) is 25.0. The van der Waals surface area contributed by atoms with Gasteiger partial charge in [-0.3, -0.25) is 9.59 Å². The fourth-order valence-corrected chi connectivity index (χ4v) is 4.96. The average Bonchev–Trinajstić information content (AvgIpc) is 3.22. The van der Waals surface area contributed by atoms with Gasteiger partial charge in [0.05, 0.1) is 5.69 Å². The van der Waals surface area contributed by atoms with Crippen LogP contribution in [-0.4, -0.2) is 26.6 Å². The predicted octanol–water partition coefficient (Wildman–Crippen LogP) is 5.71. The van der Waals surface area contributed by atoms with Crippen LogP contribution in [0.4, 0.5) is 21.7 Å². The van der Waals surface area contributed by atoms with E-state index >= 15 is 4.39 Å². The van der Waals surface area contributed by atoms with Crippen molar-refractivity contribution >= 4 is 29.1 Å². The molecule has 0 atom stereocenters. The summed E-state index contributed by atoms with van der Waals surface area (Å²) >= 11 is 0. The Kier molecular flexibility index (Phi) is 6.31. The van der Waals surface area contributed by atoms with E-state index in [1.807, 2.05) is 60.7 Å². The predicted molar refractivity (Wildman–Crippen MR) is 152 cm³/mol. The lowest BCUT2D eigenvalue weighted by Gasteiger charge is -2.12. The average molecular weight is 533 g/mol. The topological polar surface area (TPSA) is 115 Å². The number of nitrogens with two attached hydrogens (primary N) is 1. The van der Waals surface area contributed by atoms with Crippen LogP contribution in [-0.2, 0) is 13.0 Å². The summed E-state index contributed by atoms with van der Waals surface area (Å²) in [5.41, 5.74) is 9.85. The number of anilines is 3. The highest BCUT2D eigenvalue weighted by Gasteiger charge is 2.28. The van der Waals surface area contributed by atoms with Gasteiger partial charge in [-0.2, -0.15) is 5.10 Å². The lowest BCUT2D eigenvalue weighted by Crippen LogP contribution is -2.16. The van der Waals surface area contributed by atoms with Crippen molar-refractivity contribution in [1.29, 1.82) is 0 Å². The van der Waals surface area contributed by atoms with Crippen LogP contribution in [0, 0.1) is 12.7 Å². The Hall–Kier alpha value is -5.31. The fourth-order valence-electron chi connectivity index (χ4n) is 4.96. The minimum absolute atomic E-state index is 0.0858. The number of hydrogen-bond donors (Lipinski definition) is 3. The number of fused-ring (bicyclic) bond motifs is 2. The number of aromatic nitrogens is 3. The number of nitrogens with zero attached hydrogens (tertiary/aromatic N) is 3. The van der Waals surface area contributed by atoms with Crippen LogP contribution in [0.5, 0.6) is 0 Å². The molecule has 0 unspecified atom stereocenters. The van der Waals surface area contributed by atoms with E-state index in [1.165, 1.54) is 19.1 Å². The Morgan fingerprint density at radius 2 is 1.75 bits per heavy atom. The zero-order valence-electron chi connectivity index (χ0n) is 21.6. The van der Waals surface area contributed by atoms with Crippen molar-refractivity contribution in [3.05, 3.63) is 113 Å². The van der Waals surface area contributed by atoms with Crippen LogP contribution in [0.2, 0.25) is 0 Å². The zero-order chi connectivity index (χ0) is 27.8. The second-order valence-corrected chi connectivity index (χ2v) is 9.52. The third-order valence-electron chi connectivity index (χ3n) is 7.01. The molecular weight excluding hydrogens is 507 g/mol. The summed E-state index contributed by atoms with van der Waals surface area (Å²) in [7, 11) is 0. The van der Waals surface area contributed by atoms with Gasteiger partial charge < -0.3 is 16.4 Å². The van der Waals surface area contributed by atoms with Gasteiger partial charge >= 0.3 is 0 Å². The van der Waals surface area contributed by atoms with E-state index in [9.17, 15) is 9.59 Å². The second kappa shape index (κ2) is 10.1. The molecule has 0 aliphatic carbocycles. The summed E-state index contributed by atoms with van der Waals surface area (Å²) in [5.74, 6) is -1.14. The first-order valence-electron chi connectivity index (χ1n) is 12.8. The van der Waals surface area contributed by atoms with Gasteiger partial charge in [-0.15, -0.1) is 0 Å². The maximum absolute atomic E-state index is 15.8. The second-order valence-electron chi connectivity index (χ2n) is 9.52. The molecule has 4 N–H and O–H groups in total. The van der Waals surface area contributed by atoms with Crippen molar-refractivity contribution < 1.29 is 14.0 Å². The molecule has 0 saturated heterocycles. The van der Waals surface area contributed by atoms with Gasteiger partial charge in [-0.25, -0.2) is 14.1 Å². The van der Waals surface area contributed by atoms with Gasteiger partial charge in [0.2, 0.25) is 0 Å². The summed E-state index contributed by atoms with van der Waals surface area (Å²) in [6.45, 7) is 2.00. The number of carbonyl (C=O) groups excluding carboxylic acids is 2. The summed E-state index contributed by atoms with van der Waals surface area (Å²) in [6.07, 6.45) is 0.676. The highest BCUT2D eigenvalue weighted by molar-refractivity contribution is 6.07. The van der Waals surface area contributed by atoms with Crippen LogP contribution in [0.3, 0.4) is 0 Å². The molecule has 0 saturated carbocycles. The SMILES string of the molecule is Cc1c(C(=O)Nc2cccc(-c3ccccc3)n2)ccc(-c2nn3c(c2C(N)=O)Nc2ccccc2CC3)c1F. The van der Waals surface area contributed by atoms with E-state index in [0.717, 1.165) is 16.8 Å². The van der Waals surface area contributed by atoms with Gasteiger partial charge in [0, 0.05) is 28.9 Å². The van der Waals surface area contributed by atoms with Crippen LogP contribution in [0.25, 0.3) is 22.5 Å². The summed E-state index contributed by atoms with van der Waals surface area (Å²) in [4.78, 5) is 30.3. The first-order chi connectivity index (χ1) is 19.4. The number of rotatable bonds is 5. The molecule has 3 heterocycles. The quantitative estimate of drug-likeness (QED) is 0.268. The molecule has 198 valence electrons. The lowest BCUT2D eigenvalue weighted by atomic mass is 9.99. The number of carbonyl (C=O) groups is 2. The maximum atomic E-state index is 15.8. The number of halogens is 1. The molecule has 9 heteroatoms. The van der Waals surface area contributed by atoms with Gasteiger partial charge in [0.25, 0.3) is 11.8 Å². The minimum atomic E-state index is -0.730. The molecule has 0 bridgehead atoms. The van der Waals surface area contributed by atoms with Crippen molar-refractivity contribution in [2.45, 2.75) is 19.9 Å². The maximum Gasteiger partial charge on any atom is 0.257 e. The third kappa shape index (κ3) is 4.47. The molecule has 1 aliphatic heterocycles. The first-order valence-corrected chi connectivity index (χ1v) is 12.8. The van der Waals surface area contributed by atoms with Gasteiger partial charge in [0.1, 0.15) is 28.7 Å². The highest BCUT2D eigenvalue weighted by Crippen LogP contribution is 2.36. The van der Waals surface area contributed by atoms with Crippen molar-refractivity contribution in [3.63, 3.8) is 0 Å². The molecule has 2 amide bonds. The zero-order valence-corrected chi connectivity index (χ0v) is 21.6. The van der Waals surface area contributed by atoms with Gasteiger partial charge in [0.15, 0.2) is 0 Å². The van der Waals surface area contributed by atoms with Gasteiger partial charge in [-0.05, 0) is 54.8 Å². The number of amides is 2. The molecular formula is C31H25FN6O2. The van der Waals surface area contributed by atoms with Crippen molar-refractivity contribution in [1.82, 2.24) is 14.8 Å². The van der Waals surface area contributed by atoms with Gasteiger partial charge in [-0.1, -0.05) is 54.6 Å². The summed E-state index contributed by atoms with van der Waals surface area (Å²) in [5, 5.41) is 10.6. The molecule has 5 aromatic rings. The van der Waals surface area contributed by atoms with E-state index in [-0.39, 0.29) is 27.9 Å². The molecule has 6 rings (SSSR count). The monoisotopic (exact) mass is 532 g/mol. The normalized spacial score (nSPS) is 12.1. The highest BCUT2D eigenvalue weighted by atomic mass is 19.1. The fraction of sp³-hybridized carbons (Fsp3) is 0.0968.